The minimum absolute atomic E-state index is 0.0118. The van der Waals surface area contributed by atoms with Gasteiger partial charge in [0.05, 0.1) is 15.6 Å². The van der Waals surface area contributed by atoms with E-state index in [-0.39, 0.29) is 27.9 Å². The van der Waals surface area contributed by atoms with Crippen LogP contribution in [0.2, 0.25) is 10.0 Å². The Morgan fingerprint density at radius 1 is 0.919 bits per heavy atom. The van der Waals surface area contributed by atoms with Crippen molar-refractivity contribution >= 4 is 58.3 Å². The van der Waals surface area contributed by atoms with Gasteiger partial charge in [-0.05, 0) is 48.0 Å². The van der Waals surface area contributed by atoms with Crippen LogP contribution in [0.25, 0.3) is 0 Å². The highest BCUT2D eigenvalue weighted by Crippen LogP contribution is 2.24. The number of aromatic nitrogens is 2. The molecule has 2 amide bonds. The second kappa shape index (κ2) is 11.6. The number of benzene rings is 3. The number of carbonyl (C=O) groups excluding carboxylic acids is 2. The highest BCUT2D eigenvalue weighted by atomic mass is 35.5. The number of hydrogen-bond acceptors (Lipinski definition) is 5. The van der Waals surface area contributed by atoms with E-state index < -0.39 is 17.9 Å². The van der Waals surface area contributed by atoms with Crippen molar-refractivity contribution < 1.29 is 19.5 Å². The number of carboxylic acid groups (broad SMARTS) is 1. The fraction of sp³-hybridized carbons (Fsp3) is 0.0769. The summed E-state index contributed by atoms with van der Waals surface area (Å²) in [6.45, 7) is 0. The van der Waals surface area contributed by atoms with Gasteiger partial charge in [0, 0.05) is 35.8 Å². The van der Waals surface area contributed by atoms with Gasteiger partial charge in [0.1, 0.15) is 6.04 Å². The number of aromatic amines is 1. The Morgan fingerprint density at radius 3 is 2.27 bits per heavy atom. The molecule has 0 aliphatic heterocycles. The lowest BCUT2D eigenvalue weighted by Gasteiger charge is -2.16. The van der Waals surface area contributed by atoms with E-state index in [1.54, 1.807) is 60.9 Å². The number of carbonyl (C=O) groups is 3. The highest BCUT2D eigenvalue weighted by Gasteiger charge is 2.24. The Morgan fingerprint density at radius 2 is 1.62 bits per heavy atom. The maximum absolute atomic E-state index is 12.7. The van der Waals surface area contributed by atoms with Gasteiger partial charge < -0.3 is 26.0 Å². The van der Waals surface area contributed by atoms with Gasteiger partial charge in [0.25, 0.3) is 11.8 Å². The number of carboxylic acids is 1. The molecule has 11 heteroatoms. The first kappa shape index (κ1) is 25.7. The Balaban J connectivity index is 1.39. The minimum atomic E-state index is -1.22. The van der Waals surface area contributed by atoms with Crippen LogP contribution < -0.4 is 16.0 Å². The predicted molar refractivity (Wildman–Crippen MR) is 142 cm³/mol. The first-order valence-corrected chi connectivity index (χ1v) is 11.8. The molecule has 5 N–H and O–H groups in total. The van der Waals surface area contributed by atoms with Crippen molar-refractivity contribution in [3.63, 3.8) is 0 Å². The van der Waals surface area contributed by atoms with Crippen LogP contribution in [0.5, 0.6) is 0 Å². The number of nitrogens with zero attached hydrogens (tertiary/aromatic N) is 1. The van der Waals surface area contributed by atoms with Crippen LogP contribution in [0.4, 0.5) is 17.3 Å². The summed E-state index contributed by atoms with van der Waals surface area (Å²) in [4.78, 5) is 44.1. The molecule has 9 nitrogen and oxygen atoms in total. The van der Waals surface area contributed by atoms with E-state index in [9.17, 15) is 19.5 Å². The van der Waals surface area contributed by atoms with Crippen LogP contribution in [0.3, 0.4) is 0 Å². The average molecular weight is 538 g/mol. The third kappa shape index (κ3) is 6.66. The minimum Gasteiger partial charge on any atom is -0.480 e. The number of H-pyrrole nitrogens is 1. The van der Waals surface area contributed by atoms with Gasteiger partial charge in [0.2, 0.25) is 5.95 Å². The summed E-state index contributed by atoms with van der Waals surface area (Å²) in [6, 6.07) is 17.0. The summed E-state index contributed by atoms with van der Waals surface area (Å²) in [7, 11) is 0. The van der Waals surface area contributed by atoms with E-state index in [4.69, 9.17) is 23.2 Å². The van der Waals surface area contributed by atoms with Crippen LogP contribution >= 0.6 is 23.2 Å². The van der Waals surface area contributed by atoms with Crippen molar-refractivity contribution in [1.82, 2.24) is 15.3 Å². The molecule has 4 aromatic rings. The molecule has 1 heterocycles. The third-order valence-electron chi connectivity index (χ3n) is 5.33. The molecule has 0 radical (unpaired) electrons. The third-order valence-corrected chi connectivity index (χ3v) is 5.96. The Bertz CT molecular complexity index is 1410. The molecule has 188 valence electrons. The normalized spacial score (nSPS) is 11.4. The highest BCUT2D eigenvalue weighted by molar-refractivity contribution is 6.39. The SMILES string of the molecule is O=C(Nc1ccc(C[C@H](NC(=O)c2c(Cl)cccc2Cl)C(=O)O)cc1)c1cccc(Nc2ncc[nH]2)c1. The molecule has 0 aliphatic carbocycles. The first-order chi connectivity index (χ1) is 17.8. The van der Waals surface area contributed by atoms with Crippen molar-refractivity contribution in [3.8, 4) is 0 Å². The molecular formula is C26H21Cl2N5O4. The van der Waals surface area contributed by atoms with E-state index in [1.165, 1.54) is 12.1 Å². The Labute approximate surface area is 221 Å². The molecule has 3 aromatic carbocycles. The van der Waals surface area contributed by atoms with Gasteiger partial charge >= 0.3 is 5.97 Å². The standard InChI is InChI=1S/C26H21Cl2N5O4/c27-19-5-2-6-20(28)22(19)24(35)33-21(25(36)37)13-15-7-9-17(10-8-15)31-23(34)16-3-1-4-18(14-16)32-26-29-11-12-30-26/h1-12,14,21H,13H2,(H,31,34)(H,33,35)(H,36,37)(H2,29,30,32)/t21-/m0/s1. The molecule has 0 bridgehead atoms. The summed E-state index contributed by atoms with van der Waals surface area (Å²) in [5.74, 6) is -1.66. The molecule has 1 aromatic heterocycles. The molecule has 4 rings (SSSR count). The molecule has 0 spiro atoms. The molecule has 0 unspecified atom stereocenters. The van der Waals surface area contributed by atoms with Crippen LogP contribution in [0.15, 0.2) is 79.1 Å². The number of halogens is 2. The quantitative estimate of drug-likeness (QED) is 0.200. The number of aliphatic carboxylic acids is 1. The summed E-state index contributed by atoms with van der Waals surface area (Å²) >= 11 is 12.1. The number of anilines is 3. The molecule has 0 saturated carbocycles. The number of hydrogen-bond donors (Lipinski definition) is 5. The van der Waals surface area contributed by atoms with E-state index in [0.29, 0.717) is 28.5 Å². The first-order valence-electron chi connectivity index (χ1n) is 11.0. The maximum atomic E-state index is 12.7. The van der Waals surface area contributed by atoms with Crippen LogP contribution in [-0.2, 0) is 11.2 Å². The number of amides is 2. The van der Waals surface area contributed by atoms with Gasteiger partial charge in [-0.3, -0.25) is 9.59 Å². The van der Waals surface area contributed by atoms with Crippen molar-refractivity contribution in [1.29, 1.82) is 0 Å². The van der Waals surface area contributed by atoms with Gasteiger partial charge in [-0.15, -0.1) is 0 Å². The van der Waals surface area contributed by atoms with Crippen molar-refractivity contribution in [2.24, 2.45) is 0 Å². The number of imidazole rings is 1. The molecule has 0 fully saturated rings. The number of nitrogens with one attached hydrogen (secondary N) is 4. The Kier molecular flexibility index (Phi) is 8.07. The smallest absolute Gasteiger partial charge is 0.326 e. The largest absolute Gasteiger partial charge is 0.480 e. The molecule has 37 heavy (non-hydrogen) atoms. The zero-order chi connectivity index (χ0) is 26.4. The lowest BCUT2D eigenvalue weighted by molar-refractivity contribution is -0.139. The van der Waals surface area contributed by atoms with Crippen LogP contribution in [-0.4, -0.2) is 38.9 Å². The lowest BCUT2D eigenvalue weighted by Crippen LogP contribution is -2.42. The second-order valence-electron chi connectivity index (χ2n) is 7.96. The summed E-state index contributed by atoms with van der Waals surface area (Å²) < 4.78 is 0. The predicted octanol–water partition coefficient (Wildman–Crippen LogP) is 5.14. The summed E-state index contributed by atoms with van der Waals surface area (Å²) in [5, 5.41) is 18.2. The molecule has 0 saturated heterocycles. The van der Waals surface area contributed by atoms with E-state index in [1.807, 2.05) is 6.07 Å². The van der Waals surface area contributed by atoms with E-state index in [0.717, 1.165) is 0 Å². The van der Waals surface area contributed by atoms with Gasteiger partial charge in [-0.1, -0.05) is 47.5 Å². The average Bonchev–Trinajstić information content (AvgIpc) is 3.38. The molecule has 1 atom stereocenters. The molecular weight excluding hydrogens is 517 g/mol. The monoisotopic (exact) mass is 537 g/mol. The summed E-state index contributed by atoms with van der Waals surface area (Å²) in [5.41, 5.74) is 2.31. The van der Waals surface area contributed by atoms with Crippen molar-refractivity contribution in [2.45, 2.75) is 12.5 Å². The lowest BCUT2D eigenvalue weighted by atomic mass is 10.0. The second-order valence-corrected chi connectivity index (χ2v) is 8.77. The van der Waals surface area contributed by atoms with Crippen molar-refractivity contribution in [3.05, 3.63) is 106 Å². The Hall–Kier alpha value is -4.34. The fourth-order valence-corrected chi connectivity index (χ4v) is 4.09. The number of rotatable bonds is 9. The van der Waals surface area contributed by atoms with Crippen LogP contribution in [0, 0.1) is 0 Å². The van der Waals surface area contributed by atoms with Gasteiger partial charge in [-0.25, -0.2) is 9.78 Å². The molecule has 0 aliphatic rings. The fourth-order valence-electron chi connectivity index (χ4n) is 3.52. The van der Waals surface area contributed by atoms with Gasteiger partial charge in [0.15, 0.2) is 0 Å². The van der Waals surface area contributed by atoms with Gasteiger partial charge in [-0.2, -0.15) is 0 Å². The summed E-state index contributed by atoms with van der Waals surface area (Å²) in [6.07, 6.45) is 3.31. The topological polar surface area (TPSA) is 136 Å². The van der Waals surface area contributed by atoms with E-state index >= 15 is 0 Å². The zero-order valence-corrected chi connectivity index (χ0v) is 20.7. The van der Waals surface area contributed by atoms with E-state index in [2.05, 4.69) is 25.9 Å². The van der Waals surface area contributed by atoms with Crippen molar-refractivity contribution in [2.75, 3.05) is 10.6 Å². The zero-order valence-electron chi connectivity index (χ0n) is 19.2. The maximum Gasteiger partial charge on any atom is 0.326 e. The van der Waals surface area contributed by atoms with Crippen LogP contribution in [0.1, 0.15) is 26.3 Å².